The van der Waals surface area contributed by atoms with Gasteiger partial charge in [-0.05, 0) is 85.3 Å². The van der Waals surface area contributed by atoms with Gasteiger partial charge in [0, 0.05) is 83.7 Å². The largest absolute Gasteiger partial charge is 0.493 e. The van der Waals surface area contributed by atoms with Crippen molar-refractivity contribution in [2.24, 2.45) is 0 Å². The van der Waals surface area contributed by atoms with E-state index in [4.69, 9.17) is 44.3 Å². The molecule has 344 valence electrons. The second kappa shape index (κ2) is 27.6. The third kappa shape index (κ3) is 17.9. The first-order valence-electron chi connectivity index (χ1n) is 25.8. The maximum atomic E-state index is 12.7. The van der Waals surface area contributed by atoms with E-state index in [2.05, 4.69) is 5.32 Å². The van der Waals surface area contributed by atoms with Gasteiger partial charge in [0.2, 0.25) is 0 Å². The number of hydrogen-bond acceptors (Lipinski definition) is 12. The molecule has 12 nitrogen and oxygen atoms in total. The number of aliphatic hydroxyl groups is 2. The zero-order chi connectivity index (χ0) is 54.6. The molecule has 2 aliphatic heterocycles. The van der Waals surface area contributed by atoms with Gasteiger partial charge < -0.3 is 34.5 Å². The van der Waals surface area contributed by atoms with Gasteiger partial charge in [-0.3, -0.25) is 24.3 Å². The average molecular weight is 900 g/mol. The molecule has 2 fully saturated rings. The minimum atomic E-state index is -3.28. The zero-order valence-electron chi connectivity index (χ0n) is 47.1. The highest BCUT2D eigenvalue weighted by molar-refractivity contribution is 6.27. The summed E-state index contributed by atoms with van der Waals surface area (Å²) in [5.41, 5.74) is 6.61. The van der Waals surface area contributed by atoms with Gasteiger partial charge in [-0.25, -0.2) is 0 Å². The van der Waals surface area contributed by atoms with Crippen LogP contribution in [-0.4, -0.2) is 154 Å². The molecular weight excluding hydrogens is 820 g/mol. The fourth-order valence-corrected chi connectivity index (χ4v) is 6.85. The molecule has 0 spiro atoms. The van der Waals surface area contributed by atoms with Gasteiger partial charge in [-0.2, -0.15) is 0 Å². The molecule has 13 heteroatoms. The van der Waals surface area contributed by atoms with Crippen molar-refractivity contribution in [2.75, 3.05) is 105 Å². The van der Waals surface area contributed by atoms with Crippen LogP contribution in [0.15, 0.2) is 84.9 Å². The number of benzene rings is 4. The minimum absolute atomic E-state index is 0.0215. The van der Waals surface area contributed by atoms with Gasteiger partial charge in [0.05, 0.1) is 34.9 Å². The monoisotopic (exact) mass is 899 g/mol. The van der Waals surface area contributed by atoms with Crippen molar-refractivity contribution >= 4 is 23.2 Å². The van der Waals surface area contributed by atoms with E-state index >= 15 is 0 Å². The summed E-state index contributed by atoms with van der Waals surface area (Å²) >= 11 is 5.46. The van der Waals surface area contributed by atoms with E-state index in [1.165, 1.54) is 53.3 Å². The molecule has 63 heavy (non-hydrogen) atoms. The quantitative estimate of drug-likeness (QED) is 0.103. The SMILES string of the molecule is Cc1cccc(C)c1CC(=O)CCl.[2H]C([2H])(Oc1ccccc1OC)C([2H])(O)C([2H])([2H])N1CCN(CC(=O)Cc2c(C)cccc2C)CC1.[2H]C([2H])(Oc1ccccc1OC)C([2H])(O)C([2H])([2H])N1CCNCC1. The van der Waals surface area contributed by atoms with Crippen LogP contribution in [0.25, 0.3) is 0 Å². The van der Waals surface area contributed by atoms with Crippen molar-refractivity contribution in [2.45, 2.75) is 52.7 Å². The van der Waals surface area contributed by atoms with E-state index in [0.29, 0.717) is 39.0 Å². The third-order valence-corrected chi connectivity index (χ3v) is 10.6. The fraction of sp³-hybridized carbons (Fsp3) is 0.480. The van der Waals surface area contributed by atoms with Crippen molar-refractivity contribution in [1.29, 1.82) is 0 Å². The number of ether oxygens (including phenoxy) is 4. The average Bonchev–Trinajstić information content (AvgIpc) is 3.34. The predicted octanol–water partition coefficient (Wildman–Crippen LogP) is 5.48. The van der Waals surface area contributed by atoms with Gasteiger partial charge in [-0.1, -0.05) is 60.7 Å². The Labute approximate surface area is 394 Å². The maximum absolute atomic E-state index is 12.7. The van der Waals surface area contributed by atoms with Crippen molar-refractivity contribution in [3.05, 3.63) is 118 Å². The molecule has 0 radical (unpaired) electrons. The lowest BCUT2D eigenvalue weighted by atomic mass is 9.98. The van der Waals surface area contributed by atoms with Gasteiger partial charge in [-0.15, -0.1) is 11.6 Å². The number of rotatable bonds is 19. The first kappa shape index (κ1) is 37.8. The number of halogens is 1. The summed E-state index contributed by atoms with van der Waals surface area (Å²) < 4.78 is 102. The summed E-state index contributed by atoms with van der Waals surface area (Å²) in [6.07, 6.45) is -5.66. The van der Waals surface area contributed by atoms with Crippen LogP contribution in [0.5, 0.6) is 23.0 Å². The van der Waals surface area contributed by atoms with Gasteiger partial charge in [0.25, 0.3) is 0 Å². The molecule has 2 aliphatic rings. The van der Waals surface area contributed by atoms with Crippen molar-refractivity contribution in [1.82, 2.24) is 20.0 Å². The number of hydrogen-bond donors (Lipinski definition) is 3. The van der Waals surface area contributed by atoms with Crippen molar-refractivity contribution in [3.8, 4) is 23.0 Å². The van der Waals surface area contributed by atoms with Crippen LogP contribution in [0.1, 0.15) is 47.1 Å². The highest BCUT2D eigenvalue weighted by Crippen LogP contribution is 2.27. The second-order valence-corrected chi connectivity index (χ2v) is 15.2. The van der Waals surface area contributed by atoms with Gasteiger partial charge in [0.1, 0.15) is 25.3 Å². The van der Waals surface area contributed by atoms with E-state index in [1.54, 1.807) is 30.3 Å². The Morgan fingerprint density at radius 3 is 1.41 bits per heavy atom. The Balaban J connectivity index is 0.000000267. The molecule has 0 aromatic heterocycles. The first-order chi connectivity index (χ1) is 34.1. The highest BCUT2D eigenvalue weighted by Gasteiger charge is 2.22. The predicted molar refractivity (Wildman–Crippen MR) is 251 cm³/mol. The van der Waals surface area contributed by atoms with Gasteiger partial charge >= 0.3 is 0 Å². The Bertz CT molecular complexity index is 2420. The number of β-amino-alcohol motifs (C(OH)–C–C–N with tert-alkyl or cyclic N) is 2. The van der Waals surface area contributed by atoms with Gasteiger partial charge in [0.15, 0.2) is 34.6 Å². The number of carbonyl (C=O) groups is 2. The lowest BCUT2D eigenvalue weighted by molar-refractivity contribution is -0.120. The maximum Gasteiger partial charge on any atom is 0.161 e. The van der Waals surface area contributed by atoms with Crippen LogP contribution < -0.4 is 24.3 Å². The topological polar surface area (TPSA) is 133 Å². The summed E-state index contributed by atoms with van der Waals surface area (Å²) in [6, 6.07) is 24.3. The number of piperazine rings is 2. The molecular formula is C50H69ClN4O8. The Kier molecular flexibility index (Phi) is 16.6. The number of carbonyl (C=O) groups excluding carboxylic acids is 2. The molecule has 4 aromatic rings. The zero-order valence-corrected chi connectivity index (χ0v) is 37.9. The molecule has 6 rings (SSSR count). The van der Waals surface area contributed by atoms with Crippen LogP contribution in [0, 0.1) is 27.7 Å². The Hall–Kier alpha value is -4.53. The summed E-state index contributed by atoms with van der Waals surface area (Å²) in [4.78, 5) is 28.2. The van der Waals surface area contributed by atoms with Crippen LogP contribution in [0.4, 0.5) is 0 Å². The molecule has 0 bridgehead atoms. The smallest absolute Gasteiger partial charge is 0.161 e. The molecule has 2 unspecified atom stereocenters. The number of aryl methyl sites for hydroxylation is 4. The Morgan fingerprint density at radius 1 is 0.619 bits per heavy atom. The molecule has 4 aromatic carbocycles. The van der Waals surface area contributed by atoms with E-state index in [1.807, 2.05) is 69.0 Å². The van der Waals surface area contributed by atoms with Crippen LogP contribution in [-0.2, 0) is 22.4 Å². The molecule has 2 atom stereocenters. The lowest BCUT2D eigenvalue weighted by Crippen LogP contribution is -2.50. The number of nitrogens with zero attached hydrogens (tertiary/aromatic N) is 3. The summed E-state index contributed by atoms with van der Waals surface area (Å²) in [7, 11) is 2.75. The molecule has 0 aliphatic carbocycles. The number of nitrogens with one attached hydrogen (secondary N) is 1. The Morgan fingerprint density at radius 2 is 1.00 bits per heavy atom. The molecule has 3 N–H and O–H groups in total. The second-order valence-electron chi connectivity index (χ2n) is 14.9. The standard InChI is InChI=1S/C25H34N2O4.C14H22N2O3.C11H13ClO/c1-19-7-6-8-20(2)23(19)15-21(28)16-26-11-13-27(14-12-26)17-22(29)18-31-25-10-5-4-9-24(25)30-3;1-18-13-4-2-3-5-14(13)19-11-12(17)10-16-8-6-15-7-9-16;1-8-4-3-5-9(2)11(8)6-10(13)7-12/h4-10,22,29H,11-18H2,1-3H3;2-5,12,15,17H,6-11H2,1H3;3-5H,6-7H2,1-2H3/i17D2,18D2,22D;10D2,11D2,12D;. The first-order valence-corrected chi connectivity index (χ1v) is 21.3. The lowest BCUT2D eigenvalue weighted by Gasteiger charge is -2.35. The van der Waals surface area contributed by atoms with Crippen LogP contribution in [0.3, 0.4) is 0 Å². The number of para-hydroxylation sites is 4. The molecule has 2 heterocycles. The highest BCUT2D eigenvalue weighted by atomic mass is 35.5. The third-order valence-electron chi connectivity index (χ3n) is 10.3. The van der Waals surface area contributed by atoms with Crippen molar-refractivity contribution in [3.63, 3.8) is 0 Å². The van der Waals surface area contributed by atoms with Crippen molar-refractivity contribution < 1.29 is 52.5 Å². The van der Waals surface area contributed by atoms with Crippen LogP contribution in [0.2, 0.25) is 0 Å². The van der Waals surface area contributed by atoms with E-state index in [-0.39, 0.29) is 73.2 Å². The summed E-state index contributed by atoms with van der Waals surface area (Å²) in [6.45, 7) is -0.979. The summed E-state index contributed by atoms with van der Waals surface area (Å²) in [5.74, 6) is 0.581. The molecule has 0 amide bonds. The molecule has 0 saturated carbocycles. The minimum Gasteiger partial charge on any atom is -0.493 e. The van der Waals surface area contributed by atoms with E-state index < -0.39 is 38.3 Å². The fourth-order valence-electron chi connectivity index (χ4n) is 6.75. The van der Waals surface area contributed by atoms with E-state index in [0.717, 1.165) is 22.3 Å². The van der Waals surface area contributed by atoms with Crippen LogP contribution >= 0.6 is 11.6 Å². The summed E-state index contributed by atoms with van der Waals surface area (Å²) in [5, 5.41) is 24.3. The number of ketones is 2. The number of alkyl halides is 1. The van der Waals surface area contributed by atoms with E-state index in [9.17, 15) is 19.8 Å². The number of methoxy groups -OCH3 is 2. The molecule has 2 saturated heterocycles. The normalized spacial score (nSPS) is 19.7. The number of Topliss-reactive ketones (excluding diaryl/α,β-unsaturated/α-hetero) is 2.